The highest BCUT2D eigenvalue weighted by atomic mass is 16.5. The minimum Gasteiger partial charge on any atom is -0.496 e. The maximum atomic E-state index is 5.53. The highest BCUT2D eigenvalue weighted by molar-refractivity contribution is 5.63. The van der Waals surface area contributed by atoms with Crippen LogP contribution >= 0.6 is 0 Å². The molecule has 1 aliphatic rings. The van der Waals surface area contributed by atoms with Crippen molar-refractivity contribution >= 4 is 0 Å². The summed E-state index contributed by atoms with van der Waals surface area (Å²) in [7, 11) is 1.65. The Bertz CT molecular complexity index is 630. The van der Waals surface area contributed by atoms with Gasteiger partial charge in [-0.15, -0.1) is 0 Å². The fourth-order valence-electron chi connectivity index (χ4n) is 3.45. The first-order valence-electron chi connectivity index (χ1n) is 7.86. The number of benzene rings is 1. The van der Waals surface area contributed by atoms with Crippen LogP contribution in [0.1, 0.15) is 45.5 Å². The van der Waals surface area contributed by atoms with Gasteiger partial charge in [0.15, 0.2) is 0 Å². The van der Waals surface area contributed by atoms with Crippen LogP contribution in [0.5, 0.6) is 5.75 Å². The van der Waals surface area contributed by atoms with E-state index in [9.17, 15) is 0 Å². The molecule has 3 unspecified atom stereocenters. The Labute approximate surface area is 131 Å². The minimum absolute atomic E-state index is 0.128. The molecule has 3 atom stereocenters. The maximum absolute atomic E-state index is 5.53. The van der Waals surface area contributed by atoms with Crippen LogP contribution in [0.4, 0.5) is 0 Å². The molecule has 1 saturated heterocycles. The zero-order chi connectivity index (χ0) is 15.7. The standard InChI is InChI=1S/C17H23N3O2/c1-11-9-10-12(2)20(11)13(3)17-18-16(19-22-17)14-7-5-6-8-15(14)21-4/h5-8,11-13H,9-10H2,1-4H3. The molecule has 3 rings (SSSR count). The molecule has 0 bridgehead atoms. The van der Waals surface area contributed by atoms with Crippen LogP contribution in [0, 0.1) is 0 Å². The molecule has 0 saturated carbocycles. The Kier molecular flexibility index (Phi) is 4.16. The van der Waals surface area contributed by atoms with Gasteiger partial charge in [-0.25, -0.2) is 0 Å². The summed E-state index contributed by atoms with van der Waals surface area (Å²) in [5.74, 6) is 2.01. The van der Waals surface area contributed by atoms with Gasteiger partial charge in [-0.2, -0.15) is 4.98 Å². The van der Waals surface area contributed by atoms with Gasteiger partial charge in [-0.3, -0.25) is 4.90 Å². The van der Waals surface area contributed by atoms with Crippen LogP contribution in [0.2, 0.25) is 0 Å². The van der Waals surface area contributed by atoms with Gasteiger partial charge in [-0.1, -0.05) is 17.3 Å². The smallest absolute Gasteiger partial charge is 0.244 e. The number of likely N-dealkylation sites (tertiary alicyclic amines) is 1. The van der Waals surface area contributed by atoms with Crippen LogP contribution < -0.4 is 4.74 Å². The highest BCUT2D eigenvalue weighted by Crippen LogP contribution is 2.34. The number of ether oxygens (including phenoxy) is 1. The molecule has 2 aromatic rings. The number of methoxy groups -OCH3 is 1. The second kappa shape index (κ2) is 6.08. The lowest BCUT2D eigenvalue weighted by Gasteiger charge is -2.30. The fourth-order valence-corrected chi connectivity index (χ4v) is 3.45. The van der Waals surface area contributed by atoms with Crippen molar-refractivity contribution in [3.05, 3.63) is 30.2 Å². The van der Waals surface area contributed by atoms with Crippen molar-refractivity contribution in [3.8, 4) is 17.1 Å². The van der Waals surface area contributed by atoms with Gasteiger partial charge in [0.25, 0.3) is 0 Å². The van der Waals surface area contributed by atoms with Crippen molar-refractivity contribution in [1.29, 1.82) is 0 Å². The third-order valence-corrected chi connectivity index (χ3v) is 4.61. The van der Waals surface area contributed by atoms with E-state index in [1.54, 1.807) is 7.11 Å². The second-order valence-electron chi connectivity index (χ2n) is 6.06. The molecule has 1 aromatic heterocycles. The number of hydrogen-bond acceptors (Lipinski definition) is 5. The van der Waals surface area contributed by atoms with Crippen LogP contribution in [-0.4, -0.2) is 34.2 Å². The summed E-state index contributed by atoms with van der Waals surface area (Å²) >= 11 is 0. The Hall–Kier alpha value is -1.88. The monoisotopic (exact) mass is 301 g/mol. The first kappa shape index (κ1) is 15.0. The van der Waals surface area contributed by atoms with E-state index in [1.807, 2.05) is 24.3 Å². The molecule has 5 heteroatoms. The van der Waals surface area contributed by atoms with Crippen LogP contribution in [0.25, 0.3) is 11.4 Å². The van der Waals surface area contributed by atoms with Crippen LogP contribution in [0.15, 0.2) is 28.8 Å². The number of aromatic nitrogens is 2. The molecule has 1 aromatic carbocycles. The number of para-hydroxylation sites is 1. The fraction of sp³-hybridized carbons (Fsp3) is 0.529. The number of hydrogen-bond donors (Lipinski definition) is 0. The van der Waals surface area contributed by atoms with E-state index >= 15 is 0 Å². The van der Waals surface area contributed by atoms with Gasteiger partial charge in [0.1, 0.15) is 5.75 Å². The molecule has 118 valence electrons. The molecule has 0 aliphatic carbocycles. The van der Waals surface area contributed by atoms with Crippen molar-refractivity contribution in [2.24, 2.45) is 0 Å². The van der Waals surface area contributed by atoms with Crippen molar-refractivity contribution in [2.75, 3.05) is 7.11 Å². The predicted octanol–water partition coefficient (Wildman–Crippen LogP) is 3.68. The Morgan fingerprint density at radius 2 is 1.91 bits per heavy atom. The van der Waals surface area contributed by atoms with Gasteiger partial charge in [0, 0.05) is 12.1 Å². The molecule has 2 heterocycles. The molecular weight excluding hydrogens is 278 g/mol. The Morgan fingerprint density at radius 1 is 1.23 bits per heavy atom. The second-order valence-corrected chi connectivity index (χ2v) is 6.06. The first-order valence-corrected chi connectivity index (χ1v) is 7.86. The van der Waals surface area contributed by atoms with Crippen molar-refractivity contribution in [1.82, 2.24) is 15.0 Å². The topological polar surface area (TPSA) is 51.4 Å². The summed E-state index contributed by atoms with van der Waals surface area (Å²) < 4.78 is 10.9. The number of rotatable bonds is 4. The van der Waals surface area contributed by atoms with E-state index in [-0.39, 0.29) is 6.04 Å². The minimum atomic E-state index is 0.128. The molecule has 22 heavy (non-hydrogen) atoms. The summed E-state index contributed by atoms with van der Waals surface area (Å²) in [4.78, 5) is 7.06. The van der Waals surface area contributed by atoms with Crippen molar-refractivity contribution in [2.45, 2.75) is 51.7 Å². The van der Waals surface area contributed by atoms with E-state index in [0.717, 1.165) is 11.3 Å². The quantitative estimate of drug-likeness (QED) is 0.862. The zero-order valence-electron chi connectivity index (χ0n) is 13.6. The largest absolute Gasteiger partial charge is 0.496 e. The Balaban J connectivity index is 1.87. The zero-order valence-corrected chi connectivity index (χ0v) is 13.6. The molecule has 0 radical (unpaired) electrons. The third-order valence-electron chi connectivity index (χ3n) is 4.61. The van der Waals surface area contributed by atoms with E-state index in [2.05, 4.69) is 35.8 Å². The third kappa shape index (κ3) is 2.61. The normalized spacial score (nSPS) is 23.6. The summed E-state index contributed by atoms with van der Waals surface area (Å²) in [5, 5.41) is 4.14. The lowest BCUT2D eigenvalue weighted by molar-refractivity contribution is 0.128. The van der Waals surface area contributed by atoms with E-state index in [0.29, 0.717) is 23.8 Å². The van der Waals surface area contributed by atoms with Crippen molar-refractivity contribution < 1.29 is 9.26 Å². The molecular formula is C17H23N3O2. The molecule has 5 nitrogen and oxygen atoms in total. The van der Waals surface area contributed by atoms with E-state index in [1.165, 1.54) is 12.8 Å². The van der Waals surface area contributed by atoms with Crippen molar-refractivity contribution in [3.63, 3.8) is 0 Å². The lowest BCUT2D eigenvalue weighted by Crippen LogP contribution is -2.35. The van der Waals surface area contributed by atoms with Crippen LogP contribution in [-0.2, 0) is 0 Å². The summed E-state index contributed by atoms with van der Waals surface area (Å²) in [5.41, 5.74) is 0.856. The van der Waals surface area contributed by atoms with E-state index < -0.39 is 0 Å². The van der Waals surface area contributed by atoms with Gasteiger partial charge in [0.05, 0.1) is 18.7 Å². The molecule has 0 N–H and O–H groups in total. The van der Waals surface area contributed by atoms with Gasteiger partial charge >= 0.3 is 0 Å². The highest BCUT2D eigenvalue weighted by Gasteiger charge is 2.34. The first-order chi connectivity index (χ1) is 10.6. The predicted molar refractivity (Wildman–Crippen MR) is 84.7 cm³/mol. The SMILES string of the molecule is COc1ccccc1-c1noc(C(C)N2C(C)CCC2C)n1. The van der Waals surface area contributed by atoms with Gasteiger partial charge < -0.3 is 9.26 Å². The molecule has 1 aliphatic heterocycles. The average molecular weight is 301 g/mol. The summed E-state index contributed by atoms with van der Waals surface area (Å²) in [6.07, 6.45) is 2.44. The van der Waals surface area contributed by atoms with E-state index in [4.69, 9.17) is 9.26 Å². The van der Waals surface area contributed by atoms with Crippen LogP contribution in [0.3, 0.4) is 0 Å². The lowest BCUT2D eigenvalue weighted by atomic mass is 10.2. The maximum Gasteiger partial charge on any atom is 0.244 e. The Morgan fingerprint density at radius 3 is 2.59 bits per heavy atom. The summed E-state index contributed by atoms with van der Waals surface area (Å²) in [6, 6.07) is 8.95. The average Bonchev–Trinajstić information content (AvgIpc) is 3.14. The summed E-state index contributed by atoms with van der Waals surface area (Å²) in [6.45, 7) is 6.66. The molecule has 1 fully saturated rings. The van der Waals surface area contributed by atoms with Gasteiger partial charge in [-0.05, 0) is 45.7 Å². The molecule has 0 amide bonds. The number of nitrogens with zero attached hydrogens (tertiary/aromatic N) is 3. The molecule has 0 spiro atoms. The van der Waals surface area contributed by atoms with Gasteiger partial charge in [0.2, 0.25) is 11.7 Å².